The second-order valence-corrected chi connectivity index (χ2v) is 4.81. The van der Waals surface area contributed by atoms with Crippen molar-refractivity contribution in [1.82, 2.24) is 0 Å². The molecule has 0 saturated heterocycles. The Labute approximate surface area is 111 Å². The Balaban J connectivity index is 2.33. The van der Waals surface area contributed by atoms with Crippen LogP contribution in [0.1, 0.15) is 22.8 Å². The number of aliphatic hydroxyl groups excluding tert-OH is 1. The Morgan fingerprint density at radius 2 is 1.53 bits per heavy atom. The maximum atomic E-state index is 10.2. The predicted molar refractivity (Wildman–Crippen MR) is 71.7 cm³/mol. The van der Waals surface area contributed by atoms with Crippen molar-refractivity contribution in [3.05, 3.63) is 69.2 Å². The van der Waals surface area contributed by atoms with Crippen LogP contribution in [0.4, 0.5) is 0 Å². The second kappa shape index (κ2) is 5.09. The van der Waals surface area contributed by atoms with E-state index < -0.39 is 6.10 Å². The first-order chi connectivity index (χ1) is 8.08. The average molecular weight is 267 g/mol. The lowest BCUT2D eigenvalue weighted by Gasteiger charge is -2.12. The van der Waals surface area contributed by atoms with Gasteiger partial charge in [0.2, 0.25) is 0 Å². The zero-order valence-corrected chi connectivity index (χ0v) is 10.8. The van der Waals surface area contributed by atoms with Gasteiger partial charge >= 0.3 is 0 Å². The van der Waals surface area contributed by atoms with Crippen LogP contribution in [0.2, 0.25) is 10.0 Å². The van der Waals surface area contributed by atoms with Gasteiger partial charge < -0.3 is 5.11 Å². The number of aliphatic hydroxyl groups is 1. The fourth-order valence-electron chi connectivity index (χ4n) is 1.68. The van der Waals surface area contributed by atoms with Gasteiger partial charge in [0.05, 0.1) is 0 Å². The third-order valence-corrected chi connectivity index (χ3v) is 3.36. The van der Waals surface area contributed by atoms with Crippen molar-refractivity contribution in [2.24, 2.45) is 0 Å². The molecule has 1 N–H and O–H groups in total. The molecule has 0 heterocycles. The molecule has 0 spiro atoms. The number of hydrogen-bond acceptors (Lipinski definition) is 1. The van der Waals surface area contributed by atoms with E-state index in [-0.39, 0.29) is 0 Å². The molecule has 2 aromatic carbocycles. The van der Waals surface area contributed by atoms with Crippen molar-refractivity contribution in [1.29, 1.82) is 0 Å². The van der Waals surface area contributed by atoms with Gasteiger partial charge in [-0.1, -0.05) is 47.5 Å². The number of halogens is 2. The number of aryl methyl sites for hydroxylation is 1. The summed E-state index contributed by atoms with van der Waals surface area (Å²) in [6.07, 6.45) is -0.650. The van der Waals surface area contributed by atoms with Gasteiger partial charge in [-0.25, -0.2) is 0 Å². The van der Waals surface area contributed by atoms with Gasteiger partial charge in [-0.15, -0.1) is 0 Å². The molecule has 0 amide bonds. The fraction of sp³-hybridized carbons (Fsp3) is 0.143. The molecule has 17 heavy (non-hydrogen) atoms. The van der Waals surface area contributed by atoms with Crippen molar-refractivity contribution in [3.63, 3.8) is 0 Å². The van der Waals surface area contributed by atoms with E-state index in [1.165, 1.54) is 0 Å². The lowest BCUT2D eigenvalue weighted by atomic mass is 10.0. The average Bonchev–Trinajstić information content (AvgIpc) is 2.33. The summed E-state index contributed by atoms with van der Waals surface area (Å²) in [7, 11) is 0. The van der Waals surface area contributed by atoms with E-state index in [1.807, 2.05) is 31.2 Å². The monoisotopic (exact) mass is 266 g/mol. The van der Waals surface area contributed by atoms with Crippen molar-refractivity contribution in [2.45, 2.75) is 13.0 Å². The van der Waals surface area contributed by atoms with Gasteiger partial charge in [0.25, 0.3) is 0 Å². The highest BCUT2D eigenvalue weighted by Crippen LogP contribution is 2.26. The summed E-state index contributed by atoms with van der Waals surface area (Å²) in [6, 6.07) is 12.7. The van der Waals surface area contributed by atoms with E-state index >= 15 is 0 Å². The van der Waals surface area contributed by atoms with Crippen molar-refractivity contribution < 1.29 is 5.11 Å². The molecule has 1 unspecified atom stereocenters. The molecule has 2 rings (SSSR count). The van der Waals surface area contributed by atoms with Crippen LogP contribution >= 0.6 is 23.2 Å². The van der Waals surface area contributed by atoms with Gasteiger partial charge in [0, 0.05) is 10.0 Å². The molecule has 88 valence electrons. The van der Waals surface area contributed by atoms with E-state index in [9.17, 15) is 5.11 Å². The van der Waals surface area contributed by atoms with E-state index in [0.29, 0.717) is 10.0 Å². The third-order valence-electron chi connectivity index (χ3n) is 2.68. The lowest BCUT2D eigenvalue weighted by molar-refractivity contribution is 0.220. The first-order valence-electron chi connectivity index (χ1n) is 5.27. The van der Waals surface area contributed by atoms with E-state index in [4.69, 9.17) is 23.2 Å². The highest BCUT2D eigenvalue weighted by atomic mass is 35.5. The summed E-state index contributed by atoms with van der Waals surface area (Å²) in [4.78, 5) is 0. The predicted octanol–water partition coefficient (Wildman–Crippen LogP) is 4.38. The maximum Gasteiger partial charge on any atom is 0.104 e. The molecule has 2 aromatic rings. The second-order valence-electron chi connectivity index (χ2n) is 3.96. The van der Waals surface area contributed by atoms with Crippen LogP contribution < -0.4 is 0 Å². The van der Waals surface area contributed by atoms with Crippen LogP contribution in [-0.2, 0) is 0 Å². The molecule has 0 aromatic heterocycles. The highest BCUT2D eigenvalue weighted by Gasteiger charge is 2.11. The number of rotatable bonds is 2. The Kier molecular flexibility index (Phi) is 3.72. The smallest absolute Gasteiger partial charge is 0.104 e. The molecular formula is C14H12Cl2O. The van der Waals surface area contributed by atoms with Gasteiger partial charge in [-0.05, 0) is 41.8 Å². The highest BCUT2D eigenvalue weighted by molar-refractivity contribution is 6.31. The van der Waals surface area contributed by atoms with Crippen LogP contribution in [0.5, 0.6) is 0 Å². The van der Waals surface area contributed by atoms with Crippen LogP contribution in [0.3, 0.4) is 0 Å². The molecule has 0 saturated carbocycles. The fourth-order valence-corrected chi connectivity index (χ4v) is 1.92. The van der Waals surface area contributed by atoms with Gasteiger partial charge in [-0.2, -0.15) is 0 Å². The minimum Gasteiger partial charge on any atom is -0.384 e. The molecule has 0 aliphatic rings. The largest absolute Gasteiger partial charge is 0.384 e. The zero-order valence-electron chi connectivity index (χ0n) is 9.32. The van der Waals surface area contributed by atoms with Crippen molar-refractivity contribution in [3.8, 4) is 0 Å². The summed E-state index contributed by atoms with van der Waals surface area (Å²) >= 11 is 11.8. The molecule has 1 nitrogen and oxygen atoms in total. The summed E-state index contributed by atoms with van der Waals surface area (Å²) in [5.74, 6) is 0. The minimum atomic E-state index is -0.650. The van der Waals surface area contributed by atoms with Crippen LogP contribution in [0.25, 0.3) is 0 Å². The lowest BCUT2D eigenvalue weighted by Crippen LogP contribution is -1.99. The summed E-state index contributed by atoms with van der Waals surface area (Å²) in [5.41, 5.74) is 2.60. The molecular weight excluding hydrogens is 255 g/mol. The summed E-state index contributed by atoms with van der Waals surface area (Å²) in [5, 5.41) is 11.6. The van der Waals surface area contributed by atoms with E-state index in [0.717, 1.165) is 16.7 Å². The number of benzene rings is 2. The van der Waals surface area contributed by atoms with Crippen molar-refractivity contribution >= 4 is 23.2 Å². The van der Waals surface area contributed by atoms with Crippen LogP contribution in [0.15, 0.2) is 42.5 Å². The number of hydrogen-bond donors (Lipinski definition) is 1. The van der Waals surface area contributed by atoms with Crippen molar-refractivity contribution in [2.75, 3.05) is 0 Å². The normalized spacial score (nSPS) is 12.5. The quantitative estimate of drug-likeness (QED) is 0.855. The van der Waals surface area contributed by atoms with Gasteiger partial charge in [-0.3, -0.25) is 0 Å². The first kappa shape index (κ1) is 12.4. The standard InChI is InChI=1S/C14H12Cl2O/c1-9-8-11(4-7-13(9)16)14(17)10-2-5-12(15)6-3-10/h2-8,14,17H,1H3. The van der Waals surface area contributed by atoms with E-state index in [1.54, 1.807) is 18.2 Å². The Morgan fingerprint density at radius 3 is 2.12 bits per heavy atom. The molecule has 1 atom stereocenters. The SMILES string of the molecule is Cc1cc(C(O)c2ccc(Cl)cc2)ccc1Cl. The first-order valence-corrected chi connectivity index (χ1v) is 6.03. The molecule has 0 radical (unpaired) electrons. The summed E-state index contributed by atoms with van der Waals surface area (Å²) < 4.78 is 0. The third kappa shape index (κ3) is 2.81. The Hall–Kier alpha value is -1.02. The summed E-state index contributed by atoms with van der Waals surface area (Å²) in [6.45, 7) is 1.92. The minimum absolute atomic E-state index is 0.650. The zero-order chi connectivity index (χ0) is 12.4. The van der Waals surface area contributed by atoms with Gasteiger partial charge in [0.15, 0.2) is 0 Å². The van der Waals surface area contributed by atoms with Crippen LogP contribution in [0, 0.1) is 6.92 Å². The Morgan fingerprint density at radius 1 is 0.941 bits per heavy atom. The van der Waals surface area contributed by atoms with Gasteiger partial charge in [0.1, 0.15) is 6.10 Å². The van der Waals surface area contributed by atoms with Crippen LogP contribution in [-0.4, -0.2) is 5.11 Å². The maximum absolute atomic E-state index is 10.2. The molecule has 0 aliphatic carbocycles. The topological polar surface area (TPSA) is 20.2 Å². The molecule has 0 bridgehead atoms. The Bertz CT molecular complexity index is 520. The molecule has 0 fully saturated rings. The van der Waals surface area contributed by atoms with E-state index in [2.05, 4.69) is 0 Å². The molecule has 0 aliphatic heterocycles. The molecule has 3 heteroatoms.